The second kappa shape index (κ2) is 13.8. The Morgan fingerprint density at radius 3 is 2.47 bits per heavy atom. The molecule has 0 saturated carbocycles. The van der Waals surface area contributed by atoms with Crippen LogP contribution in [0.2, 0.25) is 0 Å². The summed E-state index contributed by atoms with van der Waals surface area (Å²) >= 11 is 2.88. The van der Waals surface area contributed by atoms with Crippen molar-refractivity contribution in [1.29, 1.82) is 0 Å². The van der Waals surface area contributed by atoms with Crippen molar-refractivity contribution in [1.82, 2.24) is 25.1 Å². The molecule has 0 spiro atoms. The first-order valence-corrected chi connectivity index (χ1v) is 16.0. The summed E-state index contributed by atoms with van der Waals surface area (Å²) in [6.07, 6.45) is 0.612. The number of benzene rings is 3. The van der Waals surface area contributed by atoms with Crippen molar-refractivity contribution in [2.45, 2.75) is 24.2 Å². The molecule has 0 radical (unpaired) electrons. The van der Waals surface area contributed by atoms with E-state index in [4.69, 9.17) is 14.6 Å². The summed E-state index contributed by atoms with van der Waals surface area (Å²) in [5.41, 5.74) is 3.15. The number of ether oxygens (including phenoxy) is 2. The Hall–Kier alpha value is -4.94. The highest BCUT2D eigenvalue weighted by Gasteiger charge is 2.33. The molecule has 10 nitrogen and oxygen atoms in total. The van der Waals surface area contributed by atoms with Crippen LogP contribution in [0.4, 0.5) is 0 Å². The average Bonchev–Trinajstić information content (AvgIpc) is 3.87. The van der Waals surface area contributed by atoms with E-state index in [9.17, 15) is 9.59 Å². The van der Waals surface area contributed by atoms with E-state index in [0.29, 0.717) is 28.7 Å². The van der Waals surface area contributed by atoms with Gasteiger partial charge in [0.2, 0.25) is 0 Å². The number of thioether (sulfide) groups is 1. The van der Waals surface area contributed by atoms with E-state index in [0.717, 1.165) is 27.6 Å². The number of nitrogens with zero attached hydrogens (tertiary/aromatic N) is 5. The maximum Gasteiger partial charge on any atom is 0.253 e. The van der Waals surface area contributed by atoms with Crippen LogP contribution in [-0.4, -0.2) is 57.3 Å². The Labute approximate surface area is 268 Å². The van der Waals surface area contributed by atoms with Crippen molar-refractivity contribution in [3.05, 3.63) is 118 Å². The third kappa shape index (κ3) is 6.76. The number of thiophene rings is 1. The van der Waals surface area contributed by atoms with Crippen LogP contribution in [-0.2, 0) is 11.3 Å². The molecule has 12 heteroatoms. The lowest BCUT2D eigenvalue weighted by Crippen LogP contribution is -2.28. The molecule has 0 aliphatic carbocycles. The number of nitrogens with one attached hydrogen (secondary N) is 1. The van der Waals surface area contributed by atoms with Crippen molar-refractivity contribution in [3.63, 3.8) is 0 Å². The van der Waals surface area contributed by atoms with Gasteiger partial charge in [0.25, 0.3) is 11.8 Å². The minimum Gasteiger partial charge on any atom is -0.497 e. The fourth-order valence-electron chi connectivity index (χ4n) is 4.98. The second-order valence-corrected chi connectivity index (χ2v) is 11.9. The summed E-state index contributed by atoms with van der Waals surface area (Å²) in [7, 11) is 3.19. The summed E-state index contributed by atoms with van der Waals surface area (Å²) in [6, 6.07) is 28.1. The number of methoxy groups -OCH3 is 2. The van der Waals surface area contributed by atoms with Gasteiger partial charge < -0.3 is 14.8 Å². The van der Waals surface area contributed by atoms with Crippen molar-refractivity contribution in [2.24, 2.45) is 5.10 Å². The van der Waals surface area contributed by atoms with Crippen LogP contribution >= 0.6 is 23.1 Å². The zero-order valence-corrected chi connectivity index (χ0v) is 26.3. The van der Waals surface area contributed by atoms with E-state index in [1.165, 1.54) is 11.8 Å². The van der Waals surface area contributed by atoms with Crippen molar-refractivity contribution >= 4 is 40.6 Å². The molecule has 0 unspecified atom stereocenters. The third-order valence-electron chi connectivity index (χ3n) is 7.25. The molecule has 6 rings (SSSR count). The monoisotopic (exact) mass is 638 g/mol. The lowest BCUT2D eigenvalue weighted by atomic mass is 10.0. The summed E-state index contributed by atoms with van der Waals surface area (Å²) in [5.74, 6) is 1.55. The normalized spacial score (nSPS) is 14.2. The van der Waals surface area contributed by atoms with Gasteiger partial charge in [-0.05, 0) is 59.5 Å². The molecule has 228 valence electrons. The minimum absolute atomic E-state index is 0.0923. The number of hydrazone groups is 1. The van der Waals surface area contributed by atoms with Crippen molar-refractivity contribution in [2.75, 3.05) is 20.0 Å². The minimum atomic E-state index is -0.265. The maximum absolute atomic E-state index is 13.8. The molecule has 2 aromatic heterocycles. The van der Waals surface area contributed by atoms with Gasteiger partial charge in [-0.3, -0.25) is 14.2 Å². The molecule has 1 N–H and O–H groups in total. The highest BCUT2D eigenvalue weighted by Crippen LogP contribution is 2.35. The van der Waals surface area contributed by atoms with Crippen molar-refractivity contribution in [3.8, 4) is 17.2 Å². The average molecular weight is 639 g/mol. The summed E-state index contributed by atoms with van der Waals surface area (Å²) in [4.78, 5) is 27.7. The van der Waals surface area contributed by atoms with Gasteiger partial charge in [0.15, 0.2) is 11.0 Å². The Balaban J connectivity index is 1.21. The summed E-state index contributed by atoms with van der Waals surface area (Å²) in [6.45, 7) is 0.132. The molecule has 1 atom stereocenters. The van der Waals surface area contributed by atoms with Gasteiger partial charge in [0.05, 0.1) is 43.1 Å². The molecular weight excluding hydrogens is 609 g/mol. The van der Waals surface area contributed by atoms with Gasteiger partial charge in [0, 0.05) is 17.7 Å². The molecule has 0 fully saturated rings. The molecule has 3 aromatic carbocycles. The van der Waals surface area contributed by atoms with E-state index >= 15 is 0 Å². The zero-order chi connectivity index (χ0) is 31.2. The summed E-state index contributed by atoms with van der Waals surface area (Å²) < 4.78 is 12.4. The number of carbonyl (C=O) groups excluding carboxylic acids is 2. The van der Waals surface area contributed by atoms with Gasteiger partial charge >= 0.3 is 0 Å². The first-order chi connectivity index (χ1) is 22.0. The Bertz CT molecular complexity index is 1810. The molecule has 0 saturated heterocycles. The fraction of sp³-hybridized carbons (Fsp3) is 0.182. The SMILES string of the molecule is COc1ccc([C@@H]2CC(c3cccs3)=NN2C(=O)CSc2nnc(CNC(=O)c3cccc(OC)c3)n2-c2ccccc2)cc1. The Morgan fingerprint density at radius 2 is 1.73 bits per heavy atom. The van der Waals surface area contributed by atoms with Crippen LogP contribution in [0.25, 0.3) is 5.69 Å². The number of carbonyl (C=O) groups is 2. The van der Waals surface area contributed by atoms with Crippen LogP contribution < -0.4 is 14.8 Å². The highest BCUT2D eigenvalue weighted by molar-refractivity contribution is 7.99. The molecule has 1 aliphatic heterocycles. The molecule has 3 heterocycles. The number of hydrogen-bond donors (Lipinski definition) is 1. The quantitative estimate of drug-likeness (QED) is 0.184. The number of rotatable bonds is 11. The van der Waals surface area contributed by atoms with Gasteiger partial charge in [-0.2, -0.15) is 5.10 Å². The maximum atomic E-state index is 13.8. The van der Waals surface area contributed by atoms with Gasteiger partial charge in [-0.25, -0.2) is 5.01 Å². The zero-order valence-electron chi connectivity index (χ0n) is 24.6. The lowest BCUT2D eigenvalue weighted by molar-refractivity contribution is -0.130. The second-order valence-electron chi connectivity index (χ2n) is 10.0. The molecule has 45 heavy (non-hydrogen) atoms. The van der Waals surface area contributed by atoms with Crippen molar-refractivity contribution < 1.29 is 19.1 Å². The topological polar surface area (TPSA) is 111 Å². The fourth-order valence-corrected chi connectivity index (χ4v) is 6.52. The Kier molecular flexibility index (Phi) is 9.22. The first kappa shape index (κ1) is 30.1. The third-order valence-corrected chi connectivity index (χ3v) is 9.08. The number of hydrogen-bond acceptors (Lipinski definition) is 9. The largest absolute Gasteiger partial charge is 0.497 e. The Morgan fingerprint density at radius 1 is 0.933 bits per heavy atom. The summed E-state index contributed by atoms with van der Waals surface area (Å²) in [5, 5.41) is 20.6. The first-order valence-electron chi connectivity index (χ1n) is 14.2. The van der Waals surface area contributed by atoms with E-state index in [2.05, 4.69) is 15.5 Å². The van der Waals surface area contributed by atoms with Gasteiger partial charge in [0.1, 0.15) is 11.5 Å². The van der Waals surface area contributed by atoms with Crippen LogP contribution in [0.5, 0.6) is 11.5 Å². The molecular formula is C33H30N6O4S2. The van der Waals surface area contributed by atoms with Crippen LogP contribution in [0.1, 0.15) is 39.1 Å². The van der Waals surface area contributed by atoms with Gasteiger partial charge in [-0.15, -0.1) is 21.5 Å². The highest BCUT2D eigenvalue weighted by atomic mass is 32.2. The van der Waals surface area contributed by atoms with Crippen LogP contribution in [0, 0.1) is 0 Å². The standard InChI is InChI=1S/C33H30N6O4S2/c1-42-25-15-13-22(14-16-25)28-19-27(29-12-7-17-44-29)37-39(28)31(40)21-45-33-36-35-30(38(33)24-9-4-3-5-10-24)20-34-32(41)23-8-6-11-26(18-23)43-2/h3-18,28H,19-21H2,1-2H3,(H,34,41)/t28-/m0/s1. The molecule has 5 aromatic rings. The predicted molar refractivity (Wildman–Crippen MR) is 174 cm³/mol. The smallest absolute Gasteiger partial charge is 0.253 e. The molecule has 0 bridgehead atoms. The molecule has 1 aliphatic rings. The van der Waals surface area contributed by atoms with Gasteiger partial charge in [-0.1, -0.05) is 54.2 Å². The predicted octanol–water partition coefficient (Wildman–Crippen LogP) is 5.75. The number of para-hydroxylation sites is 1. The van der Waals surface area contributed by atoms with E-state index in [-0.39, 0.29) is 30.2 Å². The van der Waals surface area contributed by atoms with E-state index in [1.807, 2.05) is 76.7 Å². The number of aromatic nitrogens is 3. The van der Waals surface area contributed by atoms with Crippen LogP contribution in [0.3, 0.4) is 0 Å². The number of amides is 2. The molecule has 2 amide bonds. The van der Waals surface area contributed by atoms with E-state index < -0.39 is 0 Å². The van der Waals surface area contributed by atoms with E-state index in [1.54, 1.807) is 54.8 Å². The lowest BCUT2D eigenvalue weighted by Gasteiger charge is -2.22. The van der Waals surface area contributed by atoms with Crippen LogP contribution in [0.15, 0.2) is 107 Å².